The van der Waals surface area contributed by atoms with Crippen LogP contribution in [-0.4, -0.2) is 16.7 Å². The Labute approximate surface area is 153 Å². The van der Waals surface area contributed by atoms with Crippen LogP contribution in [0.3, 0.4) is 0 Å². The molecule has 0 saturated heterocycles. The average Bonchev–Trinajstić information content (AvgIpc) is 3.11. The number of oxazole rings is 1. The lowest BCUT2D eigenvalue weighted by molar-refractivity contribution is 0.102. The first-order valence-corrected chi connectivity index (χ1v) is 8.40. The summed E-state index contributed by atoms with van der Waals surface area (Å²) in [5.74, 6) is -1.47. The highest BCUT2D eigenvalue weighted by Gasteiger charge is 2.34. The Balaban J connectivity index is 1.86. The van der Waals surface area contributed by atoms with Gasteiger partial charge in [-0.1, -0.05) is 6.92 Å². The zero-order chi connectivity index (χ0) is 19.8. The second-order valence-electron chi connectivity index (χ2n) is 6.77. The van der Waals surface area contributed by atoms with E-state index in [4.69, 9.17) is 5.73 Å². The largest absolute Gasteiger partial charge is 0.443 e. The number of amidine groups is 1. The van der Waals surface area contributed by atoms with Crippen LogP contribution in [0.15, 0.2) is 33.9 Å². The van der Waals surface area contributed by atoms with Crippen molar-refractivity contribution in [1.29, 1.82) is 0 Å². The molecule has 6 nitrogen and oxygen atoms in total. The van der Waals surface area contributed by atoms with Crippen molar-refractivity contribution in [3.05, 3.63) is 47.4 Å². The van der Waals surface area contributed by atoms with Gasteiger partial charge in [-0.3, -0.25) is 9.79 Å². The number of carbonyl (C=O) groups is 1. The number of aliphatic imine (C=N–C) groups is 1. The van der Waals surface area contributed by atoms with Gasteiger partial charge in [0.25, 0.3) is 11.8 Å². The summed E-state index contributed by atoms with van der Waals surface area (Å²) in [4.78, 5) is 20.1. The van der Waals surface area contributed by atoms with Gasteiger partial charge in [-0.25, -0.2) is 9.37 Å². The number of aromatic nitrogens is 1. The van der Waals surface area contributed by atoms with Gasteiger partial charge in [-0.15, -0.1) is 0 Å². The molecule has 2 heterocycles. The fourth-order valence-electron chi connectivity index (χ4n) is 2.99. The standard InChI is InChI=1S/C18H19F3N4O2/c1-9-5-6-18(2,25-15(9)22)11-7-10(3-4-12(11)19)23-16(26)13-8-27-17(24-13)14(20)21/h3-4,7-9,14H,5-6H2,1-2H3,(H2,22,25)(H,23,26)/t9-,18-/m0/s1. The van der Waals surface area contributed by atoms with E-state index in [9.17, 15) is 18.0 Å². The van der Waals surface area contributed by atoms with Crippen molar-refractivity contribution in [2.45, 2.75) is 38.7 Å². The third kappa shape index (κ3) is 3.81. The Kier molecular flexibility index (Phi) is 4.95. The molecule has 0 fully saturated rings. The number of alkyl halides is 2. The smallest absolute Gasteiger partial charge is 0.313 e. The van der Waals surface area contributed by atoms with E-state index in [0.717, 1.165) is 12.7 Å². The molecule has 0 saturated carbocycles. The summed E-state index contributed by atoms with van der Waals surface area (Å²) < 4.78 is 44.0. The van der Waals surface area contributed by atoms with E-state index in [1.807, 2.05) is 6.92 Å². The van der Waals surface area contributed by atoms with Crippen molar-refractivity contribution in [3.8, 4) is 0 Å². The van der Waals surface area contributed by atoms with Crippen LogP contribution in [0.5, 0.6) is 0 Å². The third-order valence-electron chi connectivity index (χ3n) is 4.69. The molecule has 2 atom stereocenters. The summed E-state index contributed by atoms with van der Waals surface area (Å²) >= 11 is 0. The van der Waals surface area contributed by atoms with E-state index in [-0.39, 0.29) is 17.3 Å². The minimum absolute atomic E-state index is 0.125. The second kappa shape index (κ2) is 7.05. The third-order valence-corrected chi connectivity index (χ3v) is 4.69. The van der Waals surface area contributed by atoms with Crippen LogP contribution >= 0.6 is 0 Å². The number of anilines is 1. The maximum absolute atomic E-state index is 14.4. The molecule has 0 radical (unpaired) electrons. The molecule has 144 valence electrons. The normalized spacial score (nSPS) is 22.6. The van der Waals surface area contributed by atoms with E-state index < -0.39 is 29.6 Å². The highest BCUT2D eigenvalue weighted by Crippen LogP contribution is 2.38. The van der Waals surface area contributed by atoms with Gasteiger partial charge in [0.05, 0.1) is 11.4 Å². The quantitative estimate of drug-likeness (QED) is 0.838. The monoisotopic (exact) mass is 380 g/mol. The van der Waals surface area contributed by atoms with Gasteiger partial charge < -0.3 is 15.5 Å². The van der Waals surface area contributed by atoms with Crippen LogP contribution in [0.1, 0.15) is 55.1 Å². The van der Waals surface area contributed by atoms with Gasteiger partial charge in [-0.05, 0) is 38.0 Å². The predicted molar refractivity (Wildman–Crippen MR) is 93.2 cm³/mol. The minimum atomic E-state index is -2.92. The summed E-state index contributed by atoms with van der Waals surface area (Å²) in [5.41, 5.74) is 5.38. The molecule has 1 aliphatic heterocycles. The molecular formula is C18H19F3N4O2. The lowest BCUT2D eigenvalue weighted by Gasteiger charge is -2.33. The Bertz CT molecular complexity index is 896. The van der Waals surface area contributed by atoms with E-state index >= 15 is 0 Å². The Morgan fingerprint density at radius 3 is 2.81 bits per heavy atom. The number of hydrogen-bond acceptors (Lipinski definition) is 5. The van der Waals surface area contributed by atoms with Gasteiger partial charge in [0.15, 0.2) is 5.69 Å². The zero-order valence-corrected chi connectivity index (χ0v) is 14.8. The average molecular weight is 380 g/mol. The van der Waals surface area contributed by atoms with Gasteiger partial charge in [0.2, 0.25) is 0 Å². The Hall–Kier alpha value is -2.84. The summed E-state index contributed by atoms with van der Waals surface area (Å²) in [5, 5.41) is 2.50. The van der Waals surface area contributed by atoms with Crippen molar-refractivity contribution >= 4 is 17.4 Å². The molecule has 0 unspecified atom stereocenters. The van der Waals surface area contributed by atoms with Crippen molar-refractivity contribution in [2.24, 2.45) is 16.6 Å². The van der Waals surface area contributed by atoms with Gasteiger partial charge in [0.1, 0.15) is 12.1 Å². The van der Waals surface area contributed by atoms with Crippen LogP contribution < -0.4 is 11.1 Å². The molecule has 3 rings (SSSR count). The molecule has 0 aliphatic carbocycles. The number of amides is 1. The first-order chi connectivity index (χ1) is 12.7. The number of nitrogens with zero attached hydrogens (tertiary/aromatic N) is 2. The molecule has 3 N–H and O–H groups in total. The Morgan fingerprint density at radius 1 is 1.44 bits per heavy atom. The molecular weight excluding hydrogens is 361 g/mol. The molecule has 0 bridgehead atoms. The van der Waals surface area contributed by atoms with Crippen LogP contribution in [0.2, 0.25) is 0 Å². The van der Waals surface area contributed by atoms with Crippen LogP contribution in [-0.2, 0) is 5.54 Å². The van der Waals surface area contributed by atoms with E-state index in [2.05, 4.69) is 19.7 Å². The fraction of sp³-hybridized carbons (Fsp3) is 0.389. The van der Waals surface area contributed by atoms with Crippen molar-refractivity contribution in [2.75, 3.05) is 5.32 Å². The van der Waals surface area contributed by atoms with E-state index in [1.165, 1.54) is 18.2 Å². The molecule has 2 aromatic rings. The first-order valence-electron chi connectivity index (χ1n) is 8.40. The Morgan fingerprint density at radius 2 is 2.19 bits per heavy atom. The summed E-state index contributed by atoms with van der Waals surface area (Å²) in [6.07, 6.45) is -0.710. The number of nitrogens with one attached hydrogen (secondary N) is 1. The van der Waals surface area contributed by atoms with Crippen LogP contribution in [0.4, 0.5) is 18.9 Å². The number of rotatable bonds is 4. The molecule has 1 aromatic carbocycles. The van der Waals surface area contributed by atoms with E-state index in [1.54, 1.807) is 6.92 Å². The molecule has 1 aliphatic rings. The summed E-state index contributed by atoms with van der Waals surface area (Å²) in [6.45, 7) is 3.74. The maximum atomic E-state index is 14.4. The van der Waals surface area contributed by atoms with E-state index in [0.29, 0.717) is 17.8 Å². The fourth-order valence-corrected chi connectivity index (χ4v) is 2.99. The van der Waals surface area contributed by atoms with Crippen LogP contribution in [0, 0.1) is 11.7 Å². The molecule has 1 aromatic heterocycles. The molecule has 9 heteroatoms. The second-order valence-corrected chi connectivity index (χ2v) is 6.77. The number of nitrogens with two attached hydrogens (primary N) is 1. The predicted octanol–water partition coefficient (Wildman–Crippen LogP) is 4.01. The number of halogens is 3. The number of carbonyl (C=O) groups excluding carboxylic acids is 1. The van der Waals surface area contributed by atoms with Gasteiger partial charge in [0, 0.05) is 17.2 Å². The zero-order valence-electron chi connectivity index (χ0n) is 14.8. The highest BCUT2D eigenvalue weighted by molar-refractivity contribution is 6.02. The van der Waals surface area contributed by atoms with Crippen LogP contribution in [0.25, 0.3) is 0 Å². The summed E-state index contributed by atoms with van der Waals surface area (Å²) in [7, 11) is 0. The number of hydrogen-bond donors (Lipinski definition) is 2. The summed E-state index contributed by atoms with van der Waals surface area (Å²) in [6, 6.07) is 4.05. The molecule has 1 amide bonds. The topological polar surface area (TPSA) is 93.5 Å². The lowest BCUT2D eigenvalue weighted by Crippen LogP contribution is -2.35. The highest BCUT2D eigenvalue weighted by atomic mass is 19.3. The van der Waals surface area contributed by atoms with Crippen molar-refractivity contribution < 1.29 is 22.4 Å². The minimum Gasteiger partial charge on any atom is -0.443 e. The van der Waals surface area contributed by atoms with Gasteiger partial charge >= 0.3 is 6.43 Å². The first kappa shape index (κ1) is 18.9. The van der Waals surface area contributed by atoms with Gasteiger partial charge in [-0.2, -0.15) is 8.78 Å². The van der Waals surface area contributed by atoms with Crippen molar-refractivity contribution in [1.82, 2.24) is 4.98 Å². The molecule has 27 heavy (non-hydrogen) atoms. The van der Waals surface area contributed by atoms with Crippen molar-refractivity contribution in [3.63, 3.8) is 0 Å². The SMILES string of the molecule is C[C@H]1CC[C@@](C)(c2cc(NC(=O)c3coc(C(F)F)n3)ccc2F)N=C1N. The molecule has 0 spiro atoms. The maximum Gasteiger partial charge on any atom is 0.313 e. The number of benzene rings is 1. The lowest BCUT2D eigenvalue weighted by atomic mass is 9.82.